The number of rotatable bonds is 1. The van der Waals surface area contributed by atoms with Gasteiger partial charge in [-0.25, -0.2) is 0 Å². The maximum Gasteiger partial charge on any atom is 0.0662 e. The van der Waals surface area contributed by atoms with Gasteiger partial charge in [-0.3, -0.25) is 0 Å². The summed E-state index contributed by atoms with van der Waals surface area (Å²) in [7, 11) is 0. The van der Waals surface area contributed by atoms with Gasteiger partial charge in [0.1, 0.15) is 0 Å². The lowest BCUT2D eigenvalue weighted by molar-refractivity contribution is 0.186. The maximum atomic E-state index is 7.62. The molecule has 0 aromatic rings. The topological polar surface area (TPSA) is 40.5 Å². The lowest BCUT2D eigenvalue weighted by Crippen LogP contribution is -1.85. The first-order valence-electron chi connectivity index (χ1n) is 19.9. The van der Waals surface area contributed by atoms with Crippen LogP contribution < -0.4 is 0 Å². The van der Waals surface area contributed by atoms with E-state index in [0.29, 0.717) is 0 Å². The summed E-state index contributed by atoms with van der Waals surface area (Å²) in [5.41, 5.74) is 0. The van der Waals surface area contributed by atoms with Crippen molar-refractivity contribution in [2.24, 2.45) is 0 Å². The summed E-state index contributed by atoms with van der Waals surface area (Å²) < 4.78 is 0. The average molecular weight is 862 g/mol. The molecule has 0 aromatic carbocycles. The molecular formula is C59H120O2. The zero-order valence-electron chi connectivity index (χ0n) is 45.7. The second-order valence-electron chi connectivity index (χ2n) is 8.20. The van der Waals surface area contributed by atoms with Crippen molar-refractivity contribution < 1.29 is 10.2 Å². The smallest absolute Gasteiger partial charge is 0.0662 e. The molecule has 0 saturated heterocycles. The van der Waals surface area contributed by atoms with Crippen molar-refractivity contribution in [2.75, 3.05) is 13.2 Å². The minimum Gasteiger partial charge on any atom is -0.394 e. The minimum absolute atomic E-state index is 0.125. The van der Waals surface area contributed by atoms with E-state index < -0.39 is 0 Å². The van der Waals surface area contributed by atoms with Crippen LogP contribution in [-0.4, -0.2) is 23.4 Å². The quantitative estimate of drug-likeness (QED) is 0.258. The molecule has 2 N–H and O–H groups in total. The highest BCUT2D eigenvalue weighted by atomic mass is 16.3. The van der Waals surface area contributed by atoms with E-state index in [1.54, 1.807) is 115 Å². The Morgan fingerprint density at radius 1 is 0.164 bits per heavy atom. The molecule has 0 rings (SSSR count). The summed E-state index contributed by atoms with van der Waals surface area (Å²) in [5.74, 6) is 0. The largest absolute Gasteiger partial charge is 0.394 e. The van der Waals surface area contributed by atoms with Gasteiger partial charge in [0.15, 0.2) is 0 Å². The van der Waals surface area contributed by atoms with Crippen molar-refractivity contribution >= 4 is 0 Å². The number of hydrogen-bond donors (Lipinski definition) is 2. The summed E-state index contributed by atoms with van der Waals surface area (Å²) >= 11 is 0. The zero-order valence-corrected chi connectivity index (χ0v) is 45.7. The monoisotopic (exact) mass is 861 g/mol. The fraction of sp³-hybridized carbons (Fsp3) is 0.356. The first-order chi connectivity index (χ1) is 28.8. The Labute approximate surface area is 394 Å². The van der Waals surface area contributed by atoms with Crippen LogP contribution in [-0.2, 0) is 0 Å². The first kappa shape index (κ1) is 131. The van der Waals surface area contributed by atoms with Crippen molar-refractivity contribution in [3.05, 3.63) is 240 Å². The minimum atomic E-state index is -0.125. The van der Waals surface area contributed by atoms with Crippen LogP contribution in [0, 0.1) is 0 Å². The molecule has 61 heavy (non-hydrogen) atoms. The van der Waals surface area contributed by atoms with Gasteiger partial charge < -0.3 is 10.2 Å². The standard InChI is InChI=1S/19C3H6.C2H6O2/c19*1-3-2;3-1-2-4/h19*3H,1H2,2H3;3-4H,1-2H2. The van der Waals surface area contributed by atoms with Crippen molar-refractivity contribution in [2.45, 2.75) is 132 Å². The van der Waals surface area contributed by atoms with Gasteiger partial charge in [0, 0.05) is 0 Å². The van der Waals surface area contributed by atoms with Crippen LogP contribution >= 0.6 is 0 Å². The van der Waals surface area contributed by atoms with Crippen LogP contribution in [0.1, 0.15) is 132 Å². The Kier molecular flexibility index (Phi) is 1340. The SMILES string of the molecule is C=CC.C=CC.C=CC.C=CC.C=CC.C=CC.C=CC.C=CC.C=CC.C=CC.C=CC.C=CC.C=CC.C=CC.C=CC.C=CC.C=CC.C=CC.C=CC.OCCO. The summed E-state index contributed by atoms with van der Waals surface area (Å²) in [6.07, 6.45) is 33.2. The second kappa shape index (κ2) is 627. The van der Waals surface area contributed by atoms with Gasteiger partial charge in [0.2, 0.25) is 0 Å². The molecule has 0 radical (unpaired) electrons. The van der Waals surface area contributed by atoms with Crippen molar-refractivity contribution in [1.29, 1.82) is 0 Å². The third kappa shape index (κ3) is 9550. The van der Waals surface area contributed by atoms with E-state index in [1.807, 2.05) is 132 Å². The van der Waals surface area contributed by atoms with Crippen LogP contribution in [0.15, 0.2) is 240 Å². The first-order valence-corrected chi connectivity index (χ1v) is 19.9. The lowest BCUT2D eigenvalue weighted by Gasteiger charge is -1.70. The van der Waals surface area contributed by atoms with Gasteiger partial charge in [-0.15, -0.1) is 125 Å². The Hall–Kier alpha value is -5.02. The molecule has 2 nitrogen and oxygen atoms in total. The van der Waals surface area contributed by atoms with E-state index >= 15 is 0 Å². The van der Waals surface area contributed by atoms with Crippen LogP contribution in [0.5, 0.6) is 0 Å². The lowest BCUT2D eigenvalue weighted by atomic mass is 10.8. The van der Waals surface area contributed by atoms with E-state index in [1.165, 1.54) is 0 Å². The number of allylic oxidation sites excluding steroid dienone is 19. The van der Waals surface area contributed by atoms with Gasteiger partial charge in [-0.2, -0.15) is 0 Å². The molecule has 0 heterocycles. The number of hydrogen-bond acceptors (Lipinski definition) is 2. The molecule has 0 aromatic heterocycles. The van der Waals surface area contributed by atoms with E-state index in [9.17, 15) is 0 Å². The van der Waals surface area contributed by atoms with Gasteiger partial charge in [-0.1, -0.05) is 115 Å². The molecular weight excluding hydrogens is 741 g/mol. The van der Waals surface area contributed by atoms with Gasteiger partial charge in [0.25, 0.3) is 0 Å². The Morgan fingerprint density at radius 2 is 0.180 bits per heavy atom. The molecule has 0 aliphatic rings. The van der Waals surface area contributed by atoms with Crippen LogP contribution in [0.3, 0.4) is 0 Å². The summed E-state index contributed by atoms with van der Waals surface area (Å²) in [5, 5.41) is 15.2. The number of aliphatic hydroxyl groups is 2. The van der Waals surface area contributed by atoms with Crippen LogP contribution in [0.4, 0.5) is 0 Å². The van der Waals surface area contributed by atoms with E-state index in [-0.39, 0.29) is 13.2 Å². The van der Waals surface area contributed by atoms with Gasteiger partial charge in [-0.05, 0) is 132 Å². The molecule has 368 valence electrons. The molecule has 0 aliphatic carbocycles. The third-order valence-electron chi connectivity index (χ3n) is 0.1000. The Morgan fingerprint density at radius 3 is 0.180 bits per heavy atom. The van der Waals surface area contributed by atoms with Gasteiger partial charge in [0.05, 0.1) is 13.2 Å². The highest BCUT2D eigenvalue weighted by Gasteiger charge is 1.58. The highest BCUT2D eigenvalue weighted by molar-refractivity contribution is 4.56. The molecule has 0 fully saturated rings. The third-order valence-corrected chi connectivity index (χ3v) is 0.1000. The molecule has 0 aliphatic heterocycles. The van der Waals surface area contributed by atoms with Crippen LogP contribution in [0.2, 0.25) is 0 Å². The van der Waals surface area contributed by atoms with Gasteiger partial charge >= 0.3 is 0 Å². The van der Waals surface area contributed by atoms with Crippen LogP contribution in [0.25, 0.3) is 0 Å². The highest BCUT2D eigenvalue weighted by Crippen LogP contribution is 1.43. The van der Waals surface area contributed by atoms with E-state index in [0.717, 1.165) is 0 Å². The molecule has 0 bridgehead atoms. The van der Waals surface area contributed by atoms with E-state index in [2.05, 4.69) is 125 Å². The normalized spacial score (nSPS) is 4.54. The Bertz CT molecular complexity index is 425. The van der Waals surface area contributed by atoms with Crippen molar-refractivity contribution in [3.63, 3.8) is 0 Å². The summed E-state index contributed by atoms with van der Waals surface area (Å²) in [6.45, 7) is 99.5. The molecule has 0 amide bonds. The molecule has 0 saturated carbocycles. The molecule has 0 unspecified atom stereocenters. The fourth-order valence-corrected chi connectivity index (χ4v) is 0. The zero-order chi connectivity index (χ0) is 54.8. The average Bonchev–Trinajstić information content (AvgIpc) is 3.15. The molecule has 2 heteroatoms. The van der Waals surface area contributed by atoms with Crippen molar-refractivity contribution in [1.82, 2.24) is 0 Å². The van der Waals surface area contributed by atoms with E-state index in [4.69, 9.17) is 10.2 Å². The predicted octanol–water partition coefficient (Wildman–Crippen LogP) is 21.6. The second-order valence-corrected chi connectivity index (χ2v) is 8.20. The molecule has 0 spiro atoms. The number of aliphatic hydroxyl groups excluding tert-OH is 2. The predicted molar refractivity (Wildman–Crippen MR) is 316 cm³/mol. The Balaban J connectivity index is -0.0000000161. The fourth-order valence-electron chi connectivity index (χ4n) is 0. The maximum absolute atomic E-state index is 7.62. The summed E-state index contributed by atoms with van der Waals surface area (Å²) in [4.78, 5) is 0. The van der Waals surface area contributed by atoms with Crippen molar-refractivity contribution in [3.8, 4) is 0 Å². The summed E-state index contributed by atoms with van der Waals surface area (Å²) in [6, 6.07) is 0. The molecule has 0 atom stereocenters.